The predicted molar refractivity (Wildman–Crippen MR) is 80.0 cm³/mol. The van der Waals surface area contributed by atoms with Crippen LogP contribution in [0.5, 0.6) is 0 Å². The first-order valence-electron chi connectivity index (χ1n) is 6.43. The van der Waals surface area contributed by atoms with Crippen LogP contribution in [0.3, 0.4) is 0 Å². The lowest BCUT2D eigenvalue weighted by Gasteiger charge is -2.16. The molecular formula is C14H22Cl2N2. The maximum atomic E-state index is 6.00. The van der Waals surface area contributed by atoms with E-state index in [4.69, 9.17) is 29.0 Å². The SMILES string of the molecule is CC(C)CCCC(Cc1ccc(Cl)c(Cl)c1)NN. The Morgan fingerprint density at radius 1 is 1.17 bits per heavy atom. The first-order valence-corrected chi connectivity index (χ1v) is 7.18. The summed E-state index contributed by atoms with van der Waals surface area (Å²) < 4.78 is 0. The Hall–Kier alpha value is -0.280. The van der Waals surface area contributed by atoms with Crippen LogP contribution >= 0.6 is 23.2 Å². The first kappa shape index (κ1) is 15.8. The summed E-state index contributed by atoms with van der Waals surface area (Å²) in [5.74, 6) is 6.34. The second-order valence-electron chi connectivity index (χ2n) is 5.14. The van der Waals surface area contributed by atoms with Gasteiger partial charge in [-0.05, 0) is 36.5 Å². The van der Waals surface area contributed by atoms with Gasteiger partial charge in [-0.2, -0.15) is 0 Å². The summed E-state index contributed by atoms with van der Waals surface area (Å²) in [4.78, 5) is 0. The monoisotopic (exact) mass is 288 g/mol. The zero-order chi connectivity index (χ0) is 13.5. The van der Waals surface area contributed by atoms with Crippen LogP contribution in [0, 0.1) is 5.92 Å². The van der Waals surface area contributed by atoms with Gasteiger partial charge < -0.3 is 0 Å². The number of rotatable bonds is 7. The summed E-state index contributed by atoms with van der Waals surface area (Å²) in [6.45, 7) is 4.48. The molecule has 0 aliphatic carbocycles. The molecule has 0 spiro atoms. The van der Waals surface area contributed by atoms with Crippen molar-refractivity contribution in [3.05, 3.63) is 33.8 Å². The maximum absolute atomic E-state index is 6.00. The summed E-state index contributed by atoms with van der Waals surface area (Å²) in [6.07, 6.45) is 4.38. The third-order valence-corrected chi connectivity index (χ3v) is 3.77. The van der Waals surface area contributed by atoms with E-state index in [1.54, 1.807) is 0 Å². The molecule has 1 atom stereocenters. The number of benzene rings is 1. The van der Waals surface area contributed by atoms with Crippen LogP contribution in [0.15, 0.2) is 18.2 Å². The van der Waals surface area contributed by atoms with Crippen LogP contribution in [0.25, 0.3) is 0 Å². The van der Waals surface area contributed by atoms with Crippen molar-refractivity contribution >= 4 is 23.2 Å². The molecule has 0 heterocycles. The summed E-state index contributed by atoms with van der Waals surface area (Å²) in [6, 6.07) is 6.04. The van der Waals surface area contributed by atoms with Gasteiger partial charge in [0.25, 0.3) is 0 Å². The van der Waals surface area contributed by atoms with Gasteiger partial charge in [0, 0.05) is 6.04 Å². The molecule has 1 unspecified atom stereocenters. The van der Waals surface area contributed by atoms with Crippen molar-refractivity contribution in [3.8, 4) is 0 Å². The topological polar surface area (TPSA) is 38.0 Å². The molecule has 0 saturated heterocycles. The zero-order valence-corrected chi connectivity index (χ0v) is 12.6. The van der Waals surface area contributed by atoms with Crippen LogP contribution in [0.1, 0.15) is 38.7 Å². The third-order valence-electron chi connectivity index (χ3n) is 3.04. The van der Waals surface area contributed by atoms with Crippen molar-refractivity contribution in [3.63, 3.8) is 0 Å². The van der Waals surface area contributed by atoms with Crippen molar-refractivity contribution in [2.45, 2.75) is 45.6 Å². The van der Waals surface area contributed by atoms with E-state index in [2.05, 4.69) is 19.3 Å². The molecule has 0 aromatic heterocycles. The van der Waals surface area contributed by atoms with Crippen LogP contribution < -0.4 is 11.3 Å². The molecule has 0 amide bonds. The number of nitrogens with two attached hydrogens (primary N) is 1. The van der Waals surface area contributed by atoms with Gasteiger partial charge >= 0.3 is 0 Å². The van der Waals surface area contributed by atoms with E-state index in [0.29, 0.717) is 16.1 Å². The van der Waals surface area contributed by atoms with E-state index in [1.807, 2.05) is 18.2 Å². The minimum atomic E-state index is 0.293. The van der Waals surface area contributed by atoms with E-state index < -0.39 is 0 Å². The van der Waals surface area contributed by atoms with Crippen LogP contribution in [0.2, 0.25) is 10.0 Å². The molecule has 3 N–H and O–H groups in total. The molecule has 1 aromatic rings. The van der Waals surface area contributed by atoms with Crippen LogP contribution in [-0.4, -0.2) is 6.04 Å². The van der Waals surface area contributed by atoms with Gasteiger partial charge in [-0.15, -0.1) is 0 Å². The number of hydrazine groups is 1. The maximum Gasteiger partial charge on any atom is 0.0595 e. The zero-order valence-electron chi connectivity index (χ0n) is 11.0. The lowest BCUT2D eigenvalue weighted by Crippen LogP contribution is -2.36. The van der Waals surface area contributed by atoms with Crippen molar-refractivity contribution in [2.24, 2.45) is 11.8 Å². The third kappa shape index (κ3) is 5.57. The molecule has 0 saturated carbocycles. The fraction of sp³-hybridized carbons (Fsp3) is 0.571. The Labute approximate surface area is 120 Å². The Morgan fingerprint density at radius 2 is 1.89 bits per heavy atom. The lowest BCUT2D eigenvalue weighted by atomic mass is 9.98. The van der Waals surface area contributed by atoms with Crippen molar-refractivity contribution in [2.75, 3.05) is 0 Å². The molecule has 1 rings (SSSR count). The molecular weight excluding hydrogens is 267 g/mol. The van der Waals surface area contributed by atoms with E-state index >= 15 is 0 Å². The minimum Gasteiger partial charge on any atom is -0.271 e. The average molecular weight is 289 g/mol. The van der Waals surface area contributed by atoms with Gasteiger partial charge in [0.15, 0.2) is 0 Å². The molecule has 4 heteroatoms. The number of halogens is 2. The molecule has 0 bridgehead atoms. The van der Waals surface area contributed by atoms with E-state index in [-0.39, 0.29) is 0 Å². The van der Waals surface area contributed by atoms with E-state index in [9.17, 15) is 0 Å². The number of hydrogen-bond acceptors (Lipinski definition) is 2. The predicted octanol–water partition coefficient (Wildman–Crippen LogP) is 4.19. The highest BCUT2D eigenvalue weighted by Crippen LogP contribution is 2.23. The normalized spacial score (nSPS) is 13.0. The summed E-state index contributed by atoms with van der Waals surface area (Å²) >= 11 is 11.9. The van der Waals surface area contributed by atoms with Gasteiger partial charge in [0.05, 0.1) is 10.0 Å². The van der Waals surface area contributed by atoms with Crippen molar-refractivity contribution < 1.29 is 0 Å². The highest BCUT2D eigenvalue weighted by atomic mass is 35.5. The fourth-order valence-corrected chi connectivity index (χ4v) is 2.29. The highest BCUT2D eigenvalue weighted by molar-refractivity contribution is 6.42. The number of nitrogens with one attached hydrogen (secondary N) is 1. The van der Waals surface area contributed by atoms with Gasteiger partial charge in [0.1, 0.15) is 0 Å². The fourth-order valence-electron chi connectivity index (χ4n) is 1.97. The van der Waals surface area contributed by atoms with Gasteiger partial charge in [-0.25, -0.2) is 0 Å². The molecule has 1 aromatic carbocycles. The number of hydrogen-bond donors (Lipinski definition) is 2. The quantitative estimate of drug-likeness (QED) is 0.583. The van der Waals surface area contributed by atoms with Crippen molar-refractivity contribution in [1.29, 1.82) is 0 Å². The van der Waals surface area contributed by atoms with Gasteiger partial charge in [-0.3, -0.25) is 11.3 Å². The molecule has 102 valence electrons. The Morgan fingerprint density at radius 3 is 2.44 bits per heavy atom. The summed E-state index contributed by atoms with van der Waals surface area (Å²) in [5.41, 5.74) is 4.05. The molecule has 0 fully saturated rings. The van der Waals surface area contributed by atoms with Crippen LogP contribution in [-0.2, 0) is 6.42 Å². The molecule has 0 aliphatic heterocycles. The van der Waals surface area contributed by atoms with Crippen LogP contribution in [0.4, 0.5) is 0 Å². The average Bonchev–Trinajstić information content (AvgIpc) is 2.32. The van der Waals surface area contributed by atoms with Gasteiger partial charge in [0.2, 0.25) is 0 Å². The molecule has 0 radical (unpaired) electrons. The smallest absolute Gasteiger partial charge is 0.0595 e. The van der Waals surface area contributed by atoms with E-state index in [0.717, 1.165) is 24.3 Å². The molecule has 2 nitrogen and oxygen atoms in total. The first-order chi connectivity index (χ1) is 8.52. The summed E-state index contributed by atoms with van der Waals surface area (Å²) in [7, 11) is 0. The highest BCUT2D eigenvalue weighted by Gasteiger charge is 2.09. The minimum absolute atomic E-state index is 0.293. The lowest BCUT2D eigenvalue weighted by molar-refractivity contribution is 0.441. The van der Waals surface area contributed by atoms with Crippen molar-refractivity contribution in [1.82, 2.24) is 5.43 Å². The Bertz CT molecular complexity index is 367. The Kier molecular flexibility index (Phi) is 7.02. The second kappa shape index (κ2) is 8.00. The van der Waals surface area contributed by atoms with Gasteiger partial charge in [-0.1, -0.05) is 56.0 Å². The summed E-state index contributed by atoms with van der Waals surface area (Å²) in [5, 5.41) is 1.20. The molecule has 18 heavy (non-hydrogen) atoms. The standard InChI is InChI=1S/C14H22Cl2N2/c1-10(2)4-3-5-12(18-17)8-11-6-7-13(15)14(16)9-11/h6-7,9-10,12,18H,3-5,8,17H2,1-2H3. The van der Waals surface area contributed by atoms with E-state index in [1.165, 1.54) is 12.8 Å². The Balaban J connectivity index is 2.49. The largest absolute Gasteiger partial charge is 0.271 e. The molecule has 0 aliphatic rings. The second-order valence-corrected chi connectivity index (χ2v) is 5.96.